The highest BCUT2D eigenvalue weighted by molar-refractivity contribution is 5.72. The molecule has 1 atom stereocenters. The summed E-state index contributed by atoms with van der Waals surface area (Å²) in [7, 11) is 0. The van der Waals surface area contributed by atoms with E-state index in [1.807, 2.05) is 4.90 Å². The standard InChI is InChI=1S/C12H23N3O/c13-12(16)15-9-3-1-2-4-11(15)10-5-7-14-8-6-10/h10-11,14H,1-9H2,(H2,13,16)/t11-/m1/s1. The van der Waals surface area contributed by atoms with Crippen molar-refractivity contribution in [3.05, 3.63) is 0 Å². The van der Waals surface area contributed by atoms with E-state index in [2.05, 4.69) is 5.32 Å². The average molecular weight is 225 g/mol. The number of piperidine rings is 1. The first kappa shape index (κ1) is 11.7. The first-order valence-corrected chi connectivity index (χ1v) is 6.56. The molecule has 92 valence electrons. The second-order valence-electron chi connectivity index (χ2n) is 5.04. The van der Waals surface area contributed by atoms with Gasteiger partial charge in [-0.15, -0.1) is 0 Å². The van der Waals surface area contributed by atoms with Gasteiger partial charge in [0.1, 0.15) is 0 Å². The molecule has 0 spiro atoms. The maximum absolute atomic E-state index is 11.5. The molecule has 0 radical (unpaired) electrons. The van der Waals surface area contributed by atoms with Crippen LogP contribution in [0.25, 0.3) is 0 Å². The van der Waals surface area contributed by atoms with Crippen LogP contribution in [0, 0.1) is 5.92 Å². The molecule has 2 fully saturated rings. The number of carbonyl (C=O) groups is 1. The zero-order valence-corrected chi connectivity index (χ0v) is 9.95. The van der Waals surface area contributed by atoms with Crippen LogP contribution in [0.3, 0.4) is 0 Å². The number of carbonyl (C=O) groups excluding carboxylic acids is 1. The average Bonchev–Trinajstić information content (AvgIpc) is 2.55. The summed E-state index contributed by atoms with van der Waals surface area (Å²) in [6.07, 6.45) is 7.13. The van der Waals surface area contributed by atoms with E-state index in [1.54, 1.807) is 0 Å². The predicted molar refractivity (Wildman–Crippen MR) is 64.1 cm³/mol. The van der Waals surface area contributed by atoms with E-state index in [0.29, 0.717) is 12.0 Å². The second kappa shape index (κ2) is 5.53. The third kappa shape index (κ3) is 2.67. The number of nitrogens with zero attached hydrogens (tertiary/aromatic N) is 1. The number of hydrogen-bond donors (Lipinski definition) is 2. The van der Waals surface area contributed by atoms with Gasteiger partial charge >= 0.3 is 6.03 Å². The van der Waals surface area contributed by atoms with Crippen molar-refractivity contribution in [3.8, 4) is 0 Å². The van der Waals surface area contributed by atoms with Gasteiger partial charge in [0.15, 0.2) is 0 Å². The van der Waals surface area contributed by atoms with E-state index in [4.69, 9.17) is 5.73 Å². The molecule has 4 nitrogen and oxygen atoms in total. The Morgan fingerprint density at radius 2 is 1.88 bits per heavy atom. The first-order valence-electron chi connectivity index (χ1n) is 6.56. The molecule has 2 heterocycles. The normalized spacial score (nSPS) is 28.8. The highest BCUT2D eigenvalue weighted by atomic mass is 16.2. The Bertz CT molecular complexity index is 238. The van der Waals surface area contributed by atoms with Gasteiger partial charge in [-0.25, -0.2) is 4.79 Å². The van der Waals surface area contributed by atoms with Crippen molar-refractivity contribution in [3.63, 3.8) is 0 Å². The van der Waals surface area contributed by atoms with Gasteiger partial charge in [-0.05, 0) is 44.7 Å². The third-order valence-corrected chi connectivity index (χ3v) is 4.01. The van der Waals surface area contributed by atoms with Crippen molar-refractivity contribution >= 4 is 6.03 Å². The van der Waals surface area contributed by atoms with Gasteiger partial charge in [-0.1, -0.05) is 12.8 Å². The largest absolute Gasteiger partial charge is 0.351 e. The molecule has 2 saturated heterocycles. The van der Waals surface area contributed by atoms with Gasteiger partial charge in [0, 0.05) is 12.6 Å². The number of nitrogens with one attached hydrogen (secondary N) is 1. The molecule has 2 rings (SSSR count). The fourth-order valence-corrected chi connectivity index (χ4v) is 3.13. The van der Waals surface area contributed by atoms with Gasteiger partial charge in [0.2, 0.25) is 0 Å². The van der Waals surface area contributed by atoms with Crippen molar-refractivity contribution < 1.29 is 4.79 Å². The van der Waals surface area contributed by atoms with Crippen LogP contribution in [0.2, 0.25) is 0 Å². The molecule has 16 heavy (non-hydrogen) atoms. The number of likely N-dealkylation sites (tertiary alicyclic amines) is 1. The van der Waals surface area contributed by atoms with Gasteiger partial charge in [0.05, 0.1) is 0 Å². The fourth-order valence-electron chi connectivity index (χ4n) is 3.13. The van der Waals surface area contributed by atoms with E-state index in [9.17, 15) is 4.79 Å². The molecule has 2 amide bonds. The summed E-state index contributed by atoms with van der Waals surface area (Å²) in [6.45, 7) is 3.05. The van der Waals surface area contributed by atoms with E-state index in [1.165, 1.54) is 25.7 Å². The maximum Gasteiger partial charge on any atom is 0.315 e. The Kier molecular flexibility index (Phi) is 4.04. The van der Waals surface area contributed by atoms with Gasteiger partial charge in [0.25, 0.3) is 0 Å². The Morgan fingerprint density at radius 3 is 2.56 bits per heavy atom. The molecule has 0 aromatic heterocycles. The zero-order valence-electron chi connectivity index (χ0n) is 9.95. The summed E-state index contributed by atoms with van der Waals surface area (Å²) in [6, 6.07) is 0.188. The minimum atomic E-state index is -0.217. The fraction of sp³-hybridized carbons (Fsp3) is 0.917. The third-order valence-electron chi connectivity index (χ3n) is 4.01. The molecule has 3 N–H and O–H groups in total. The number of urea groups is 1. The van der Waals surface area contributed by atoms with Crippen molar-refractivity contribution in [2.45, 2.75) is 44.6 Å². The zero-order chi connectivity index (χ0) is 11.4. The highest BCUT2D eigenvalue weighted by Gasteiger charge is 2.31. The Hall–Kier alpha value is -0.770. The van der Waals surface area contributed by atoms with Crippen LogP contribution in [-0.2, 0) is 0 Å². The van der Waals surface area contributed by atoms with Crippen molar-refractivity contribution in [2.24, 2.45) is 11.7 Å². The van der Waals surface area contributed by atoms with E-state index in [0.717, 1.165) is 32.5 Å². The molecule has 2 aliphatic rings. The van der Waals surface area contributed by atoms with Crippen LogP contribution >= 0.6 is 0 Å². The molecule has 0 aromatic carbocycles. The van der Waals surface area contributed by atoms with E-state index >= 15 is 0 Å². The van der Waals surface area contributed by atoms with Crippen LogP contribution in [0.15, 0.2) is 0 Å². The van der Waals surface area contributed by atoms with Crippen LogP contribution in [0.4, 0.5) is 4.79 Å². The van der Waals surface area contributed by atoms with Crippen LogP contribution in [0.1, 0.15) is 38.5 Å². The second-order valence-corrected chi connectivity index (χ2v) is 5.04. The van der Waals surface area contributed by atoms with Gasteiger partial charge < -0.3 is 16.0 Å². The minimum Gasteiger partial charge on any atom is -0.351 e. The number of rotatable bonds is 1. The Balaban J connectivity index is 2.03. The smallest absolute Gasteiger partial charge is 0.315 e. The van der Waals surface area contributed by atoms with E-state index in [-0.39, 0.29) is 6.03 Å². The van der Waals surface area contributed by atoms with E-state index < -0.39 is 0 Å². The first-order chi connectivity index (χ1) is 7.79. The number of hydrogen-bond acceptors (Lipinski definition) is 2. The molecular weight excluding hydrogens is 202 g/mol. The molecule has 4 heteroatoms. The maximum atomic E-state index is 11.5. The minimum absolute atomic E-state index is 0.217. The SMILES string of the molecule is NC(=O)N1CCCCC[C@@H]1C1CCNCC1. The lowest BCUT2D eigenvalue weighted by atomic mass is 9.87. The van der Waals surface area contributed by atoms with Crippen LogP contribution < -0.4 is 11.1 Å². The number of primary amides is 1. The lowest BCUT2D eigenvalue weighted by Gasteiger charge is -2.37. The molecule has 2 aliphatic heterocycles. The molecule has 0 unspecified atom stereocenters. The van der Waals surface area contributed by atoms with Gasteiger partial charge in [-0.3, -0.25) is 0 Å². The number of nitrogens with two attached hydrogens (primary N) is 1. The molecule has 0 saturated carbocycles. The van der Waals surface area contributed by atoms with Gasteiger partial charge in [-0.2, -0.15) is 0 Å². The van der Waals surface area contributed by atoms with Crippen LogP contribution in [0.5, 0.6) is 0 Å². The summed E-state index contributed by atoms with van der Waals surface area (Å²) in [4.78, 5) is 13.4. The summed E-state index contributed by atoms with van der Waals surface area (Å²) >= 11 is 0. The molecule has 0 bridgehead atoms. The summed E-state index contributed by atoms with van der Waals surface area (Å²) < 4.78 is 0. The van der Waals surface area contributed by atoms with Crippen LogP contribution in [-0.4, -0.2) is 36.6 Å². The monoisotopic (exact) mass is 225 g/mol. The quantitative estimate of drug-likeness (QED) is 0.707. The summed E-state index contributed by atoms with van der Waals surface area (Å²) in [5, 5.41) is 3.38. The van der Waals surface area contributed by atoms with Crippen molar-refractivity contribution in [2.75, 3.05) is 19.6 Å². The topological polar surface area (TPSA) is 58.4 Å². The molecular formula is C12H23N3O. The van der Waals surface area contributed by atoms with Crippen molar-refractivity contribution in [1.29, 1.82) is 0 Å². The van der Waals surface area contributed by atoms with Crippen molar-refractivity contribution in [1.82, 2.24) is 10.2 Å². The lowest BCUT2D eigenvalue weighted by Crippen LogP contribution is -2.49. The predicted octanol–water partition coefficient (Wildman–Crippen LogP) is 1.31. The Labute approximate surface area is 97.6 Å². The summed E-state index contributed by atoms with van der Waals surface area (Å²) in [5.74, 6) is 0.659. The summed E-state index contributed by atoms with van der Waals surface area (Å²) in [5.41, 5.74) is 5.51. The molecule has 0 aliphatic carbocycles. The highest BCUT2D eigenvalue weighted by Crippen LogP contribution is 2.27. The lowest BCUT2D eigenvalue weighted by molar-refractivity contribution is 0.140. The Morgan fingerprint density at radius 1 is 1.12 bits per heavy atom. The molecule has 0 aromatic rings. The number of amides is 2.